The van der Waals surface area contributed by atoms with E-state index in [1.165, 1.54) is 20.5 Å². The van der Waals surface area contributed by atoms with Crippen LogP contribution in [0, 0.1) is 6.92 Å². The Bertz CT molecular complexity index is 914. The minimum atomic E-state index is -3.68. The maximum absolute atomic E-state index is 13.0. The highest BCUT2D eigenvalue weighted by Gasteiger charge is 2.39. The maximum Gasteiger partial charge on any atom is 0.244 e. The van der Waals surface area contributed by atoms with Crippen molar-refractivity contribution in [2.45, 2.75) is 50.0 Å². The summed E-state index contributed by atoms with van der Waals surface area (Å²) in [5, 5.41) is 3.42. The number of carbonyl (C=O) groups is 1. The predicted octanol–water partition coefficient (Wildman–Crippen LogP) is 2.73. The molecule has 1 aromatic carbocycles. The Morgan fingerprint density at radius 1 is 1.23 bits per heavy atom. The lowest BCUT2D eigenvalue weighted by Gasteiger charge is -2.23. The molecular weight excluding hydrogens is 370 g/mol. The maximum atomic E-state index is 13.0. The van der Waals surface area contributed by atoms with Crippen LogP contribution in [0.15, 0.2) is 29.2 Å². The molecule has 0 bridgehead atoms. The fraction of sp³-hybridized carbons (Fsp3) is 0.444. The van der Waals surface area contributed by atoms with Crippen molar-refractivity contribution in [2.75, 3.05) is 11.9 Å². The fourth-order valence-electron chi connectivity index (χ4n) is 3.57. The highest BCUT2D eigenvalue weighted by molar-refractivity contribution is 7.89. The van der Waals surface area contributed by atoms with Crippen LogP contribution in [-0.2, 0) is 27.7 Å². The average Bonchev–Trinajstić information content (AvgIpc) is 3.30. The van der Waals surface area contributed by atoms with E-state index in [2.05, 4.69) is 10.3 Å². The molecular formula is C18H21N3O3S2. The summed E-state index contributed by atoms with van der Waals surface area (Å²) in [5.74, 6) is -0.286. The van der Waals surface area contributed by atoms with Gasteiger partial charge in [0.1, 0.15) is 6.04 Å². The van der Waals surface area contributed by atoms with Crippen molar-refractivity contribution in [3.8, 4) is 0 Å². The molecule has 1 atom stereocenters. The van der Waals surface area contributed by atoms with E-state index in [0.29, 0.717) is 24.5 Å². The number of thiazole rings is 1. The van der Waals surface area contributed by atoms with Crippen LogP contribution in [0.3, 0.4) is 0 Å². The second-order valence-electron chi connectivity index (χ2n) is 6.82. The molecule has 2 heterocycles. The number of benzene rings is 1. The molecule has 0 spiro atoms. The molecule has 0 unspecified atom stereocenters. The van der Waals surface area contributed by atoms with Crippen molar-refractivity contribution in [1.82, 2.24) is 9.29 Å². The van der Waals surface area contributed by atoms with Crippen LogP contribution in [0.1, 0.15) is 35.4 Å². The quantitative estimate of drug-likeness (QED) is 0.869. The van der Waals surface area contributed by atoms with E-state index in [1.54, 1.807) is 24.3 Å². The molecule has 1 saturated heterocycles. The van der Waals surface area contributed by atoms with Crippen molar-refractivity contribution < 1.29 is 13.2 Å². The topological polar surface area (TPSA) is 79.4 Å². The van der Waals surface area contributed by atoms with Crippen molar-refractivity contribution >= 4 is 32.4 Å². The second-order valence-corrected chi connectivity index (χ2v) is 9.79. The summed E-state index contributed by atoms with van der Waals surface area (Å²) >= 11 is 1.50. The first-order chi connectivity index (χ1) is 12.4. The Morgan fingerprint density at radius 2 is 2.00 bits per heavy atom. The number of hydrogen-bond donors (Lipinski definition) is 1. The van der Waals surface area contributed by atoms with E-state index in [0.717, 1.165) is 30.5 Å². The van der Waals surface area contributed by atoms with Gasteiger partial charge in [-0.15, -0.1) is 11.3 Å². The number of aryl methyl sites for hydroxylation is 3. The number of hydrogen-bond acceptors (Lipinski definition) is 5. The standard InChI is InChI=1S/C18H21N3O3S2/c1-12-7-9-13(10-8-12)26(23,24)21-11-3-5-15(21)17(22)20-18-19-14-4-2-6-16(14)25-18/h7-10,15H,2-6,11H2,1H3,(H,19,20,22)/t15-/m1/s1. The number of anilines is 1. The molecule has 1 aromatic heterocycles. The van der Waals surface area contributed by atoms with Gasteiger partial charge in [0.25, 0.3) is 0 Å². The first kappa shape index (κ1) is 17.6. The zero-order valence-electron chi connectivity index (χ0n) is 14.6. The monoisotopic (exact) mass is 391 g/mol. The first-order valence-electron chi connectivity index (χ1n) is 8.83. The van der Waals surface area contributed by atoms with Gasteiger partial charge in [-0.05, 0) is 51.2 Å². The number of nitrogens with zero attached hydrogens (tertiary/aromatic N) is 2. The largest absolute Gasteiger partial charge is 0.301 e. The summed E-state index contributed by atoms with van der Waals surface area (Å²) in [6.07, 6.45) is 4.30. The Balaban J connectivity index is 1.53. The van der Waals surface area contributed by atoms with Gasteiger partial charge in [-0.1, -0.05) is 17.7 Å². The zero-order chi connectivity index (χ0) is 18.3. The van der Waals surface area contributed by atoms with Gasteiger partial charge in [0.15, 0.2) is 5.13 Å². The van der Waals surface area contributed by atoms with Crippen LogP contribution in [0.5, 0.6) is 0 Å². The number of rotatable bonds is 4. The van der Waals surface area contributed by atoms with E-state index in [1.807, 2.05) is 6.92 Å². The van der Waals surface area contributed by atoms with Crippen LogP contribution < -0.4 is 5.32 Å². The minimum Gasteiger partial charge on any atom is -0.301 e. The molecule has 2 aliphatic rings. The van der Waals surface area contributed by atoms with Crippen LogP contribution in [0.2, 0.25) is 0 Å². The zero-order valence-corrected chi connectivity index (χ0v) is 16.2. The molecule has 0 saturated carbocycles. The Labute approximate surface area is 157 Å². The predicted molar refractivity (Wildman–Crippen MR) is 101 cm³/mol. The van der Waals surface area contributed by atoms with Gasteiger partial charge in [-0.3, -0.25) is 4.79 Å². The smallest absolute Gasteiger partial charge is 0.244 e. The number of amides is 1. The lowest BCUT2D eigenvalue weighted by molar-refractivity contribution is -0.119. The first-order valence-corrected chi connectivity index (χ1v) is 11.1. The molecule has 1 aliphatic carbocycles. The molecule has 1 N–H and O–H groups in total. The number of aromatic nitrogens is 1. The van der Waals surface area contributed by atoms with Gasteiger partial charge in [-0.2, -0.15) is 4.31 Å². The third-order valence-electron chi connectivity index (χ3n) is 4.96. The SMILES string of the molecule is Cc1ccc(S(=O)(=O)N2CCC[C@@H]2C(=O)Nc2nc3c(s2)CCC3)cc1. The van der Waals surface area contributed by atoms with Crippen molar-refractivity contribution in [1.29, 1.82) is 0 Å². The van der Waals surface area contributed by atoms with Crippen molar-refractivity contribution in [3.63, 3.8) is 0 Å². The van der Waals surface area contributed by atoms with E-state index in [9.17, 15) is 13.2 Å². The normalized spacial score (nSPS) is 20.3. The van der Waals surface area contributed by atoms with E-state index in [4.69, 9.17) is 0 Å². The van der Waals surface area contributed by atoms with Gasteiger partial charge in [0.2, 0.25) is 15.9 Å². The summed E-state index contributed by atoms with van der Waals surface area (Å²) < 4.78 is 27.2. The van der Waals surface area contributed by atoms with Crippen molar-refractivity contribution in [3.05, 3.63) is 40.4 Å². The van der Waals surface area contributed by atoms with E-state index >= 15 is 0 Å². The van der Waals surface area contributed by atoms with Crippen LogP contribution in [0.4, 0.5) is 5.13 Å². The number of carbonyl (C=O) groups excluding carboxylic acids is 1. The van der Waals surface area contributed by atoms with E-state index in [-0.39, 0.29) is 10.8 Å². The number of sulfonamides is 1. The Morgan fingerprint density at radius 3 is 2.73 bits per heavy atom. The molecule has 0 radical (unpaired) electrons. The molecule has 138 valence electrons. The van der Waals surface area contributed by atoms with Gasteiger partial charge >= 0.3 is 0 Å². The van der Waals surface area contributed by atoms with E-state index < -0.39 is 16.1 Å². The molecule has 4 rings (SSSR count). The van der Waals surface area contributed by atoms with Gasteiger partial charge in [-0.25, -0.2) is 13.4 Å². The summed E-state index contributed by atoms with van der Waals surface area (Å²) in [5.41, 5.74) is 2.07. The minimum absolute atomic E-state index is 0.232. The molecule has 2 aromatic rings. The molecule has 1 amide bonds. The molecule has 1 aliphatic heterocycles. The number of fused-ring (bicyclic) bond motifs is 1. The molecule has 8 heteroatoms. The summed E-state index contributed by atoms with van der Waals surface area (Å²) in [7, 11) is -3.68. The van der Waals surface area contributed by atoms with Gasteiger partial charge in [0.05, 0.1) is 10.6 Å². The summed E-state index contributed by atoms with van der Waals surface area (Å²) in [4.78, 5) is 18.7. The number of nitrogens with one attached hydrogen (secondary N) is 1. The van der Waals surface area contributed by atoms with Gasteiger partial charge < -0.3 is 5.32 Å². The van der Waals surface area contributed by atoms with Crippen LogP contribution >= 0.6 is 11.3 Å². The van der Waals surface area contributed by atoms with Crippen molar-refractivity contribution in [2.24, 2.45) is 0 Å². The van der Waals surface area contributed by atoms with Gasteiger partial charge in [0, 0.05) is 11.4 Å². The second kappa shape index (κ2) is 6.75. The summed E-state index contributed by atoms with van der Waals surface area (Å²) in [6.45, 7) is 2.27. The molecule has 26 heavy (non-hydrogen) atoms. The third kappa shape index (κ3) is 3.17. The third-order valence-corrected chi connectivity index (χ3v) is 7.95. The Hall–Kier alpha value is -1.77. The fourth-order valence-corrected chi connectivity index (χ4v) is 6.28. The highest BCUT2D eigenvalue weighted by atomic mass is 32.2. The molecule has 6 nitrogen and oxygen atoms in total. The highest BCUT2D eigenvalue weighted by Crippen LogP contribution is 2.32. The molecule has 1 fully saturated rings. The lowest BCUT2D eigenvalue weighted by Crippen LogP contribution is -2.43. The lowest BCUT2D eigenvalue weighted by atomic mass is 10.2. The summed E-state index contributed by atoms with van der Waals surface area (Å²) in [6, 6.07) is 6.07. The van der Waals surface area contributed by atoms with Crippen LogP contribution in [-0.4, -0.2) is 36.2 Å². The Kier molecular flexibility index (Phi) is 4.58. The average molecular weight is 392 g/mol. The van der Waals surface area contributed by atoms with Crippen LogP contribution in [0.25, 0.3) is 0 Å².